The lowest BCUT2D eigenvalue weighted by atomic mass is 10.0. The number of hydrogen-bond donors (Lipinski definition) is 0. The standard InChI is InChI=1S/C27H25NO6/c1-30-22-7-5-4-6-19(22)14-28-15-21-23(33-16-28)10-9-18-12-20(27(29)34-26(18)21)17-8-11-24(31-2)25(13-17)32-3/h4-13H,14-16H2,1-3H3. The summed E-state index contributed by atoms with van der Waals surface area (Å²) in [5, 5.41) is 0.825. The van der Waals surface area contributed by atoms with Gasteiger partial charge in [-0.1, -0.05) is 24.3 Å². The Hall–Kier alpha value is -3.97. The molecular formula is C27H25NO6. The molecule has 0 atom stereocenters. The van der Waals surface area contributed by atoms with Crippen molar-refractivity contribution in [3.63, 3.8) is 0 Å². The Bertz CT molecular complexity index is 1410. The van der Waals surface area contributed by atoms with Gasteiger partial charge in [-0.05, 0) is 42.0 Å². The minimum atomic E-state index is -0.421. The summed E-state index contributed by atoms with van der Waals surface area (Å²) in [6.45, 7) is 1.67. The maximum absolute atomic E-state index is 13.0. The largest absolute Gasteiger partial charge is 0.496 e. The molecule has 1 aliphatic heterocycles. The number of para-hydroxylation sites is 1. The molecule has 0 saturated heterocycles. The van der Waals surface area contributed by atoms with Crippen molar-refractivity contribution in [2.45, 2.75) is 13.1 Å². The van der Waals surface area contributed by atoms with E-state index >= 15 is 0 Å². The zero-order valence-corrected chi connectivity index (χ0v) is 19.3. The molecule has 0 amide bonds. The van der Waals surface area contributed by atoms with Gasteiger partial charge in [-0.25, -0.2) is 4.79 Å². The van der Waals surface area contributed by atoms with Gasteiger partial charge in [0.15, 0.2) is 11.5 Å². The maximum atomic E-state index is 13.0. The first-order valence-corrected chi connectivity index (χ1v) is 10.9. The summed E-state index contributed by atoms with van der Waals surface area (Å²) in [6, 6.07) is 19.0. The second kappa shape index (κ2) is 9.11. The lowest BCUT2D eigenvalue weighted by Crippen LogP contribution is -2.31. The minimum Gasteiger partial charge on any atom is -0.496 e. The molecule has 34 heavy (non-hydrogen) atoms. The molecule has 0 aliphatic carbocycles. The predicted molar refractivity (Wildman–Crippen MR) is 129 cm³/mol. The second-order valence-corrected chi connectivity index (χ2v) is 8.05. The summed E-state index contributed by atoms with van der Waals surface area (Å²) in [4.78, 5) is 15.2. The number of ether oxygens (including phenoxy) is 4. The number of benzene rings is 3. The van der Waals surface area contributed by atoms with Crippen LogP contribution in [0.2, 0.25) is 0 Å². The summed E-state index contributed by atoms with van der Waals surface area (Å²) in [7, 11) is 4.80. The van der Waals surface area contributed by atoms with Crippen LogP contribution in [-0.2, 0) is 13.1 Å². The Morgan fingerprint density at radius 2 is 1.68 bits per heavy atom. The quantitative estimate of drug-likeness (QED) is 0.382. The van der Waals surface area contributed by atoms with Crippen molar-refractivity contribution in [3.8, 4) is 34.1 Å². The van der Waals surface area contributed by atoms with Gasteiger partial charge in [0.2, 0.25) is 0 Å². The van der Waals surface area contributed by atoms with Crippen LogP contribution in [0.4, 0.5) is 0 Å². The minimum absolute atomic E-state index is 0.421. The van der Waals surface area contributed by atoms with Gasteiger partial charge in [0.05, 0.1) is 32.5 Å². The van der Waals surface area contributed by atoms with Gasteiger partial charge in [0, 0.05) is 24.0 Å². The van der Waals surface area contributed by atoms with E-state index < -0.39 is 5.63 Å². The second-order valence-electron chi connectivity index (χ2n) is 8.05. The Morgan fingerprint density at radius 1 is 0.882 bits per heavy atom. The van der Waals surface area contributed by atoms with Crippen molar-refractivity contribution in [1.29, 1.82) is 0 Å². The van der Waals surface area contributed by atoms with Crippen molar-refractivity contribution < 1.29 is 23.4 Å². The molecule has 0 N–H and O–H groups in total. The number of rotatable bonds is 6. The van der Waals surface area contributed by atoms with E-state index in [1.165, 1.54) is 0 Å². The van der Waals surface area contributed by atoms with Gasteiger partial charge in [0.25, 0.3) is 0 Å². The van der Waals surface area contributed by atoms with Crippen LogP contribution in [-0.4, -0.2) is 33.0 Å². The SMILES string of the molecule is COc1ccccc1CN1COc2ccc3cc(-c4ccc(OC)c(OC)c4)c(=O)oc3c2C1. The lowest BCUT2D eigenvalue weighted by Gasteiger charge is -2.29. The lowest BCUT2D eigenvalue weighted by molar-refractivity contribution is 0.0882. The smallest absolute Gasteiger partial charge is 0.344 e. The van der Waals surface area contributed by atoms with E-state index in [0.29, 0.717) is 48.0 Å². The van der Waals surface area contributed by atoms with E-state index in [0.717, 1.165) is 28.0 Å². The predicted octanol–water partition coefficient (Wildman–Crippen LogP) is 4.84. The van der Waals surface area contributed by atoms with Gasteiger partial charge in [0.1, 0.15) is 23.8 Å². The Morgan fingerprint density at radius 3 is 2.47 bits per heavy atom. The third kappa shape index (κ3) is 3.95. The molecule has 7 nitrogen and oxygen atoms in total. The van der Waals surface area contributed by atoms with Crippen molar-refractivity contribution in [2.75, 3.05) is 28.1 Å². The Kier molecular flexibility index (Phi) is 5.86. The fourth-order valence-electron chi connectivity index (χ4n) is 4.32. The van der Waals surface area contributed by atoms with Crippen molar-refractivity contribution >= 4 is 11.0 Å². The van der Waals surface area contributed by atoms with Crippen LogP contribution in [0.3, 0.4) is 0 Å². The van der Waals surface area contributed by atoms with Gasteiger partial charge in [-0.15, -0.1) is 0 Å². The molecule has 3 aromatic carbocycles. The monoisotopic (exact) mass is 459 g/mol. The van der Waals surface area contributed by atoms with Crippen LogP contribution in [0, 0.1) is 0 Å². The molecule has 1 aromatic heterocycles. The van der Waals surface area contributed by atoms with Gasteiger partial charge >= 0.3 is 5.63 Å². The van der Waals surface area contributed by atoms with E-state index in [2.05, 4.69) is 4.90 Å². The average Bonchev–Trinajstić information content (AvgIpc) is 2.88. The molecule has 0 spiro atoms. The van der Waals surface area contributed by atoms with Crippen molar-refractivity contribution in [3.05, 3.63) is 82.2 Å². The van der Waals surface area contributed by atoms with Gasteiger partial charge < -0.3 is 23.4 Å². The van der Waals surface area contributed by atoms with Crippen LogP contribution in [0.5, 0.6) is 23.0 Å². The van der Waals surface area contributed by atoms with Crippen LogP contribution >= 0.6 is 0 Å². The number of methoxy groups -OCH3 is 3. The molecule has 1 aliphatic rings. The van der Waals surface area contributed by atoms with E-state index in [9.17, 15) is 4.79 Å². The summed E-state index contributed by atoms with van der Waals surface area (Å²) in [6.07, 6.45) is 0. The third-order valence-corrected chi connectivity index (χ3v) is 6.03. The molecule has 5 rings (SSSR count). The first-order chi connectivity index (χ1) is 16.6. The molecule has 2 heterocycles. The van der Waals surface area contributed by atoms with Crippen LogP contribution in [0.1, 0.15) is 11.1 Å². The summed E-state index contributed by atoms with van der Waals surface area (Å²) in [5.41, 5.74) is 3.19. The highest BCUT2D eigenvalue weighted by molar-refractivity contribution is 5.86. The molecule has 0 fully saturated rings. The molecule has 7 heteroatoms. The van der Waals surface area contributed by atoms with Gasteiger partial charge in [-0.3, -0.25) is 4.90 Å². The Balaban J connectivity index is 1.51. The fraction of sp³-hybridized carbons (Fsp3) is 0.222. The van der Waals surface area contributed by atoms with Crippen LogP contribution < -0.4 is 24.6 Å². The highest BCUT2D eigenvalue weighted by Crippen LogP contribution is 2.36. The molecule has 174 valence electrons. The summed E-state index contributed by atoms with van der Waals surface area (Å²) >= 11 is 0. The molecular weight excluding hydrogens is 434 g/mol. The molecule has 4 aromatic rings. The summed E-state index contributed by atoms with van der Waals surface area (Å²) in [5.74, 6) is 2.70. The van der Waals surface area contributed by atoms with E-state index in [1.807, 2.05) is 48.5 Å². The first-order valence-electron chi connectivity index (χ1n) is 10.9. The highest BCUT2D eigenvalue weighted by atomic mass is 16.5. The number of hydrogen-bond acceptors (Lipinski definition) is 7. The molecule has 0 radical (unpaired) electrons. The van der Waals surface area contributed by atoms with Gasteiger partial charge in [-0.2, -0.15) is 0 Å². The average molecular weight is 459 g/mol. The molecule has 0 bridgehead atoms. The first kappa shape index (κ1) is 21.9. The topological polar surface area (TPSA) is 70.4 Å². The number of fused-ring (bicyclic) bond motifs is 3. The molecule has 0 saturated carbocycles. The third-order valence-electron chi connectivity index (χ3n) is 6.03. The van der Waals surface area contributed by atoms with Crippen molar-refractivity contribution in [1.82, 2.24) is 4.90 Å². The zero-order chi connectivity index (χ0) is 23.7. The summed E-state index contributed by atoms with van der Waals surface area (Å²) < 4.78 is 28.0. The van der Waals surface area contributed by atoms with E-state index in [1.54, 1.807) is 33.5 Å². The van der Waals surface area contributed by atoms with Crippen LogP contribution in [0.25, 0.3) is 22.1 Å². The van der Waals surface area contributed by atoms with E-state index in [-0.39, 0.29) is 0 Å². The fourth-order valence-corrected chi connectivity index (χ4v) is 4.32. The Labute approximate surface area is 197 Å². The highest BCUT2D eigenvalue weighted by Gasteiger charge is 2.23. The van der Waals surface area contributed by atoms with E-state index in [4.69, 9.17) is 23.4 Å². The maximum Gasteiger partial charge on any atom is 0.344 e. The van der Waals surface area contributed by atoms with Crippen molar-refractivity contribution in [2.24, 2.45) is 0 Å². The zero-order valence-electron chi connectivity index (χ0n) is 19.3. The number of nitrogens with zero attached hydrogens (tertiary/aromatic N) is 1. The molecule has 0 unspecified atom stereocenters. The van der Waals surface area contributed by atoms with Crippen LogP contribution in [0.15, 0.2) is 69.9 Å². The normalized spacial score (nSPS) is 13.3.